The molecule has 4 aromatic carbocycles. The van der Waals surface area contributed by atoms with Crippen molar-refractivity contribution >= 4 is 0 Å². The van der Waals surface area contributed by atoms with E-state index in [-0.39, 0.29) is 23.0 Å². The van der Waals surface area contributed by atoms with Crippen LogP contribution in [0.4, 0.5) is 0 Å². The number of ether oxygens (including phenoxy) is 6. The molecule has 285 valence electrons. The standard InChI is InChI=1S/C48H57O6/c1-7-9-23-49-36-14-15-37(35-26-33-13-18-44-39(46(33)52-30-35)20-22-48(5,6)54-44)40(28-36)41-27-31(11-16-42(41)50-24-10-8-2)34-25-32-12-17-43-38(45(32)51-29-34)19-21-47(3,4)53-43/h12-18,27-28,34-35H,7-10,19-26,29-30H2,1-6H3/t34-,35-/m0/s1. The zero-order valence-corrected chi connectivity index (χ0v) is 33.2. The Hall–Kier alpha value is -4.32. The van der Waals surface area contributed by atoms with Gasteiger partial charge in [0.2, 0.25) is 0 Å². The molecule has 0 spiro atoms. The highest BCUT2D eigenvalue weighted by atomic mass is 16.5. The highest BCUT2D eigenvalue weighted by molar-refractivity contribution is 5.76. The SMILES string of the molecule is CCCCOc1ccc([C@@H]2COc3c(ccc4c3CCC(C)(C)O4)C2)c(-c2cc([C@@H]3COc4c(ccc5c4CCC(C)(C)O5)C3)[c]cc2OCCCC)c1. The van der Waals surface area contributed by atoms with Crippen molar-refractivity contribution in [1.29, 1.82) is 0 Å². The van der Waals surface area contributed by atoms with E-state index in [2.05, 4.69) is 102 Å². The first-order valence-electron chi connectivity index (χ1n) is 20.5. The first-order chi connectivity index (χ1) is 26.1. The van der Waals surface area contributed by atoms with Crippen LogP contribution < -0.4 is 28.4 Å². The lowest BCUT2D eigenvalue weighted by atomic mass is 9.82. The molecular formula is C48H57O6. The summed E-state index contributed by atoms with van der Waals surface area (Å²) in [4.78, 5) is 0. The number of fused-ring (bicyclic) bond motifs is 6. The zero-order valence-electron chi connectivity index (χ0n) is 33.2. The van der Waals surface area contributed by atoms with Crippen LogP contribution in [0.25, 0.3) is 11.1 Å². The molecule has 0 aromatic heterocycles. The number of unbranched alkanes of at least 4 members (excludes halogenated alkanes) is 2. The summed E-state index contributed by atoms with van der Waals surface area (Å²) in [5.74, 6) is 6.04. The Morgan fingerprint density at radius 1 is 0.685 bits per heavy atom. The van der Waals surface area contributed by atoms with Crippen LogP contribution in [0.5, 0.6) is 34.5 Å². The van der Waals surface area contributed by atoms with Gasteiger partial charge in [-0.1, -0.05) is 44.9 Å². The van der Waals surface area contributed by atoms with Crippen LogP contribution in [0.1, 0.15) is 125 Å². The third-order valence-corrected chi connectivity index (χ3v) is 11.8. The van der Waals surface area contributed by atoms with Crippen molar-refractivity contribution in [3.8, 4) is 45.6 Å². The fourth-order valence-corrected chi connectivity index (χ4v) is 8.56. The second kappa shape index (κ2) is 15.1. The smallest absolute Gasteiger partial charge is 0.129 e. The van der Waals surface area contributed by atoms with Gasteiger partial charge in [-0.3, -0.25) is 0 Å². The maximum Gasteiger partial charge on any atom is 0.129 e. The van der Waals surface area contributed by atoms with E-state index in [4.69, 9.17) is 28.4 Å². The van der Waals surface area contributed by atoms with Gasteiger partial charge in [-0.05, 0) is 149 Å². The highest BCUT2D eigenvalue weighted by Gasteiger charge is 2.35. The molecule has 0 saturated heterocycles. The summed E-state index contributed by atoms with van der Waals surface area (Å²) in [5, 5.41) is 0. The fourth-order valence-electron chi connectivity index (χ4n) is 8.56. The molecule has 1 radical (unpaired) electrons. The van der Waals surface area contributed by atoms with Gasteiger partial charge in [0, 0.05) is 28.5 Å². The minimum atomic E-state index is -0.157. The molecular weight excluding hydrogens is 673 g/mol. The molecule has 6 heteroatoms. The van der Waals surface area contributed by atoms with Gasteiger partial charge in [-0.25, -0.2) is 0 Å². The molecule has 8 rings (SSSR count). The average Bonchev–Trinajstić information content (AvgIpc) is 3.16. The molecule has 0 amide bonds. The Labute approximate surface area is 322 Å². The number of benzene rings is 4. The van der Waals surface area contributed by atoms with E-state index in [1.165, 1.54) is 27.8 Å². The molecule has 6 nitrogen and oxygen atoms in total. The van der Waals surface area contributed by atoms with E-state index in [1.807, 2.05) is 0 Å². The van der Waals surface area contributed by atoms with Crippen LogP contribution in [0.15, 0.2) is 54.6 Å². The van der Waals surface area contributed by atoms with Crippen LogP contribution in [-0.2, 0) is 25.7 Å². The van der Waals surface area contributed by atoms with Crippen molar-refractivity contribution in [1.82, 2.24) is 0 Å². The molecule has 54 heavy (non-hydrogen) atoms. The van der Waals surface area contributed by atoms with E-state index >= 15 is 0 Å². The van der Waals surface area contributed by atoms with Crippen molar-refractivity contribution in [2.75, 3.05) is 26.4 Å². The van der Waals surface area contributed by atoms with E-state index in [9.17, 15) is 0 Å². The molecule has 4 aliphatic rings. The Balaban J connectivity index is 1.15. The lowest BCUT2D eigenvalue weighted by molar-refractivity contribution is 0.0822. The predicted molar refractivity (Wildman–Crippen MR) is 214 cm³/mol. The molecule has 4 aromatic rings. The van der Waals surface area contributed by atoms with Gasteiger partial charge in [0.15, 0.2) is 0 Å². The minimum Gasteiger partial charge on any atom is -0.494 e. The molecule has 0 aliphatic carbocycles. The average molecular weight is 730 g/mol. The number of rotatable bonds is 11. The van der Waals surface area contributed by atoms with Crippen molar-refractivity contribution < 1.29 is 28.4 Å². The Kier molecular flexibility index (Phi) is 10.2. The quantitative estimate of drug-likeness (QED) is 0.143. The van der Waals surface area contributed by atoms with Crippen LogP contribution in [-0.4, -0.2) is 37.6 Å². The topological polar surface area (TPSA) is 55.4 Å². The number of hydrogen-bond acceptors (Lipinski definition) is 6. The monoisotopic (exact) mass is 729 g/mol. The van der Waals surface area contributed by atoms with Gasteiger partial charge < -0.3 is 28.4 Å². The lowest BCUT2D eigenvalue weighted by Crippen LogP contribution is -2.33. The van der Waals surface area contributed by atoms with Crippen molar-refractivity contribution in [3.63, 3.8) is 0 Å². The second-order valence-electron chi connectivity index (χ2n) is 17.0. The van der Waals surface area contributed by atoms with Crippen molar-refractivity contribution in [3.05, 3.63) is 94.0 Å². The van der Waals surface area contributed by atoms with E-state index in [0.29, 0.717) is 26.4 Å². The maximum atomic E-state index is 6.70. The maximum absolute atomic E-state index is 6.70. The van der Waals surface area contributed by atoms with Gasteiger partial charge in [0.05, 0.1) is 26.4 Å². The minimum absolute atomic E-state index is 0.152. The first kappa shape index (κ1) is 36.6. The fraction of sp³-hybridized carbons (Fsp3) is 0.500. The van der Waals surface area contributed by atoms with Crippen molar-refractivity contribution in [2.45, 2.75) is 129 Å². The molecule has 0 N–H and O–H groups in total. The van der Waals surface area contributed by atoms with Crippen LogP contribution in [0, 0.1) is 6.07 Å². The van der Waals surface area contributed by atoms with Gasteiger partial charge in [0.25, 0.3) is 0 Å². The van der Waals surface area contributed by atoms with Gasteiger partial charge >= 0.3 is 0 Å². The zero-order chi connectivity index (χ0) is 37.5. The molecule has 0 unspecified atom stereocenters. The van der Waals surface area contributed by atoms with Gasteiger partial charge in [-0.15, -0.1) is 0 Å². The van der Waals surface area contributed by atoms with Gasteiger partial charge in [-0.2, -0.15) is 0 Å². The summed E-state index contributed by atoms with van der Waals surface area (Å²) >= 11 is 0. The molecule has 4 aliphatic heterocycles. The van der Waals surface area contributed by atoms with Gasteiger partial charge in [0.1, 0.15) is 45.7 Å². The first-order valence-corrected chi connectivity index (χ1v) is 20.5. The highest BCUT2D eigenvalue weighted by Crippen LogP contribution is 2.48. The molecule has 2 atom stereocenters. The van der Waals surface area contributed by atoms with Crippen molar-refractivity contribution in [2.24, 2.45) is 0 Å². The normalized spacial score (nSPS) is 20.4. The Bertz CT molecular complexity index is 1990. The van der Waals surface area contributed by atoms with E-state index < -0.39 is 0 Å². The summed E-state index contributed by atoms with van der Waals surface area (Å²) in [6, 6.07) is 23.4. The second-order valence-corrected chi connectivity index (χ2v) is 17.0. The molecule has 0 saturated carbocycles. The Morgan fingerprint density at radius 2 is 1.28 bits per heavy atom. The largest absolute Gasteiger partial charge is 0.494 e. The summed E-state index contributed by atoms with van der Waals surface area (Å²) in [6.45, 7) is 15.6. The number of hydrogen-bond donors (Lipinski definition) is 0. The summed E-state index contributed by atoms with van der Waals surface area (Å²) in [7, 11) is 0. The molecule has 0 bridgehead atoms. The molecule has 0 fully saturated rings. The summed E-state index contributed by atoms with van der Waals surface area (Å²) in [5.41, 5.74) is 9.21. The van der Waals surface area contributed by atoms with Crippen LogP contribution in [0.3, 0.4) is 0 Å². The summed E-state index contributed by atoms with van der Waals surface area (Å²) < 4.78 is 38.9. The summed E-state index contributed by atoms with van der Waals surface area (Å²) in [6.07, 6.45) is 9.85. The predicted octanol–water partition coefficient (Wildman–Crippen LogP) is 11.2. The third-order valence-electron chi connectivity index (χ3n) is 11.8. The lowest BCUT2D eigenvalue weighted by Gasteiger charge is -2.36. The third kappa shape index (κ3) is 7.50. The molecule has 4 heterocycles. The van der Waals surface area contributed by atoms with E-state index in [0.717, 1.165) is 115 Å². The van der Waals surface area contributed by atoms with Crippen LogP contribution in [0.2, 0.25) is 0 Å². The Morgan fingerprint density at radius 3 is 1.91 bits per heavy atom. The van der Waals surface area contributed by atoms with E-state index in [1.54, 1.807) is 0 Å². The van der Waals surface area contributed by atoms with Crippen LogP contribution >= 0.6 is 0 Å².